The first kappa shape index (κ1) is 16.9. The first-order valence-electron chi connectivity index (χ1n) is 6.98. The lowest BCUT2D eigenvalue weighted by Crippen LogP contribution is -2.28. The summed E-state index contributed by atoms with van der Waals surface area (Å²) in [6.45, 7) is 5.33. The zero-order valence-corrected chi connectivity index (χ0v) is 14.3. The average Bonchev–Trinajstić information content (AvgIpc) is 2.83. The molecule has 23 heavy (non-hydrogen) atoms. The van der Waals surface area contributed by atoms with E-state index in [4.69, 9.17) is 4.74 Å². The van der Waals surface area contributed by atoms with Crippen molar-refractivity contribution in [2.75, 3.05) is 11.6 Å². The van der Waals surface area contributed by atoms with Crippen molar-refractivity contribution >= 4 is 23.7 Å². The van der Waals surface area contributed by atoms with Gasteiger partial charge in [0.2, 0.25) is 0 Å². The van der Waals surface area contributed by atoms with Crippen LogP contribution < -0.4 is 5.32 Å². The van der Waals surface area contributed by atoms with Gasteiger partial charge in [-0.15, -0.1) is 11.8 Å². The molecular formula is C16H18N4O2S. The fourth-order valence-electron chi connectivity index (χ4n) is 1.91. The molecule has 0 aliphatic carbocycles. The number of anilines is 1. The molecule has 6 nitrogen and oxygen atoms in total. The van der Waals surface area contributed by atoms with Crippen LogP contribution in [0.1, 0.15) is 26.3 Å². The minimum absolute atomic E-state index is 0.303. The van der Waals surface area contributed by atoms with Gasteiger partial charge in [-0.25, -0.2) is 9.48 Å². The van der Waals surface area contributed by atoms with Gasteiger partial charge >= 0.3 is 6.09 Å². The number of nitrogens with one attached hydrogen (secondary N) is 1. The van der Waals surface area contributed by atoms with Crippen molar-refractivity contribution in [1.29, 1.82) is 5.26 Å². The molecule has 2 aromatic rings. The van der Waals surface area contributed by atoms with Crippen LogP contribution >= 0.6 is 11.8 Å². The van der Waals surface area contributed by atoms with Crippen LogP contribution in [-0.4, -0.2) is 27.7 Å². The Morgan fingerprint density at radius 1 is 1.35 bits per heavy atom. The lowest BCUT2D eigenvalue weighted by Gasteiger charge is -2.20. The van der Waals surface area contributed by atoms with Crippen molar-refractivity contribution < 1.29 is 9.53 Å². The van der Waals surface area contributed by atoms with E-state index in [1.54, 1.807) is 20.8 Å². The Morgan fingerprint density at radius 3 is 2.52 bits per heavy atom. The van der Waals surface area contributed by atoms with E-state index in [1.807, 2.05) is 36.6 Å². The summed E-state index contributed by atoms with van der Waals surface area (Å²) >= 11 is 1.34. The molecule has 1 amide bonds. The molecule has 0 saturated heterocycles. The second kappa shape index (κ2) is 6.75. The third-order valence-electron chi connectivity index (χ3n) is 2.78. The van der Waals surface area contributed by atoms with Gasteiger partial charge in [-0.05, 0) is 39.2 Å². The SMILES string of the molecule is CSc1nn(-c2ccccc2)c(NC(=O)OC(C)(C)C)c1C#N. The van der Waals surface area contributed by atoms with Crippen LogP contribution in [0.3, 0.4) is 0 Å². The van der Waals surface area contributed by atoms with Gasteiger partial charge in [0.15, 0.2) is 5.82 Å². The molecule has 7 heteroatoms. The number of benzene rings is 1. The third-order valence-corrected chi connectivity index (χ3v) is 3.45. The normalized spacial score (nSPS) is 10.9. The molecule has 0 unspecified atom stereocenters. The molecule has 1 heterocycles. The zero-order chi connectivity index (χ0) is 17.0. The molecule has 2 rings (SSSR count). The van der Waals surface area contributed by atoms with Crippen LogP contribution in [0.25, 0.3) is 5.69 Å². The molecule has 0 bridgehead atoms. The van der Waals surface area contributed by atoms with Gasteiger partial charge < -0.3 is 4.74 Å². The van der Waals surface area contributed by atoms with Crippen molar-refractivity contribution in [2.24, 2.45) is 0 Å². The second-order valence-corrected chi connectivity index (χ2v) is 6.51. The van der Waals surface area contributed by atoms with Gasteiger partial charge in [-0.1, -0.05) is 18.2 Å². The smallest absolute Gasteiger partial charge is 0.413 e. The minimum Gasteiger partial charge on any atom is -0.444 e. The maximum atomic E-state index is 12.1. The van der Waals surface area contributed by atoms with E-state index in [0.717, 1.165) is 5.69 Å². The van der Waals surface area contributed by atoms with Crippen molar-refractivity contribution in [3.05, 3.63) is 35.9 Å². The summed E-state index contributed by atoms with van der Waals surface area (Å²) in [4.78, 5) is 12.1. The lowest BCUT2D eigenvalue weighted by atomic mass is 10.2. The monoisotopic (exact) mass is 330 g/mol. The molecule has 0 fully saturated rings. The third kappa shape index (κ3) is 4.05. The van der Waals surface area contributed by atoms with Crippen LogP contribution in [0.4, 0.5) is 10.6 Å². The molecule has 1 aromatic carbocycles. The summed E-state index contributed by atoms with van der Waals surface area (Å²) in [5.41, 5.74) is 0.430. The van der Waals surface area contributed by atoms with E-state index in [0.29, 0.717) is 16.4 Å². The quantitative estimate of drug-likeness (QED) is 0.866. The largest absolute Gasteiger partial charge is 0.444 e. The lowest BCUT2D eigenvalue weighted by molar-refractivity contribution is 0.0635. The highest BCUT2D eigenvalue weighted by molar-refractivity contribution is 7.98. The molecule has 0 aliphatic rings. The molecule has 1 aromatic heterocycles. The van der Waals surface area contributed by atoms with Gasteiger partial charge in [0.25, 0.3) is 0 Å². The Morgan fingerprint density at radius 2 is 2.00 bits per heavy atom. The summed E-state index contributed by atoms with van der Waals surface area (Å²) in [5, 5.41) is 17.0. The summed E-state index contributed by atoms with van der Waals surface area (Å²) < 4.78 is 6.80. The van der Waals surface area contributed by atoms with E-state index < -0.39 is 11.7 Å². The Bertz CT molecular complexity index is 742. The van der Waals surface area contributed by atoms with Crippen molar-refractivity contribution in [2.45, 2.75) is 31.4 Å². The van der Waals surface area contributed by atoms with Crippen molar-refractivity contribution in [3.8, 4) is 11.8 Å². The molecule has 0 atom stereocenters. The van der Waals surface area contributed by atoms with Gasteiger partial charge in [0, 0.05) is 0 Å². The second-order valence-electron chi connectivity index (χ2n) is 5.72. The van der Waals surface area contributed by atoms with Gasteiger partial charge in [-0.3, -0.25) is 5.32 Å². The fourth-order valence-corrected chi connectivity index (χ4v) is 2.42. The van der Waals surface area contributed by atoms with E-state index in [2.05, 4.69) is 16.5 Å². The Labute approximate surface area is 139 Å². The highest BCUT2D eigenvalue weighted by atomic mass is 32.2. The fraction of sp³-hybridized carbons (Fsp3) is 0.312. The number of ether oxygens (including phenoxy) is 1. The van der Waals surface area contributed by atoms with E-state index in [9.17, 15) is 10.1 Å². The van der Waals surface area contributed by atoms with Crippen molar-refractivity contribution in [1.82, 2.24) is 9.78 Å². The summed E-state index contributed by atoms with van der Waals surface area (Å²) in [6, 6.07) is 11.4. The topological polar surface area (TPSA) is 79.9 Å². The van der Waals surface area contributed by atoms with Crippen LogP contribution in [0.5, 0.6) is 0 Å². The highest BCUT2D eigenvalue weighted by Crippen LogP contribution is 2.29. The number of aromatic nitrogens is 2. The molecule has 0 spiro atoms. The number of carbonyl (C=O) groups is 1. The molecule has 1 N–H and O–H groups in total. The molecule has 0 radical (unpaired) electrons. The molecule has 0 saturated carbocycles. The zero-order valence-electron chi connectivity index (χ0n) is 13.5. The van der Waals surface area contributed by atoms with E-state index in [-0.39, 0.29) is 0 Å². The number of para-hydroxylation sites is 1. The standard InChI is InChI=1S/C16H18N4O2S/c1-16(2,3)22-15(21)18-13-12(10-17)14(23-4)19-20(13)11-8-6-5-7-9-11/h5-9H,1-4H3,(H,18,21). The number of amides is 1. The van der Waals surface area contributed by atoms with Gasteiger partial charge in [0.1, 0.15) is 22.3 Å². The summed E-state index contributed by atoms with van der Waals surface area (Å²) in [5.74, 6) is 0.303. The minimum atomic E-state index is -0.628. The predicted octanol–water partition coefficient (Wildman–Crippen LogP) is 3.81. The molecule has 120 valence electrons. The maximum Gasteiger partial charge on any atom is 0.413 e. The average molecular weight is 330 g/mol. The summed E-state index contributed by atoms with van der Waals surface area (Å²) in [6.07, 6.45) is 1.20. The number of hydrogen-bond acceptors (Lipinski definition) is 5. The van der Waals surface area contributed by atoms with Crippen LogP contribution in [0.15, 0.2) is 35.4 Å². The molecule has 0 aliphatic heterocycles. The summed E-state index contributed by atoms with van der Waals surface area (Å²) in [7, 11) is 0. The molecular weight excluding hydrogens is 312 g/mol. The van der Waals surface area contributed by atoms with Crippen molar-refractivity contribution in [3.63, 3.8) is 0 Å². The van der Waals surface area contributed by atoms with Crippen LogP contribution in [0, 0.1) is 11.3 Å². The van der Waals surface area contributed by atoms with E-state index in [1.165, 1.54) is 16.4 Å². The maximum absolute atomic E-state index is 12.1. The van der Waals surface area contributed by atoms with Crippen LogP contribution in [0.2, 0.25) is 0 Å². The van der Waals surface area contributed by atoms with Gasteiger partial charge in [0.05, 0.1) is 5.69 Å². The first-order chi connectivity index (χ1) is 10.9. The van der Waals surface area contributed by atoms with Crippen LogP contribution in [-0.2, 0) is 4.74 Å². The highest BCUT2D eigenvalue weighted by Gasteiger charge is 2.23. The number of rotatable bonds is 3. The Hall–Kier alpha value is -2.46. The first-order valence-corrected chi connectivity index (χ1v) is 8.20. The number of hydrogen-bond donors (Lipinski definition) is 1. The number of nitriles is 1. The number of carbonyl (C=O) groups excluding carboxylic acids is 1. The Kier molecular flexibility index (Phi) is 4.96. The predicted molar refractivity (Wildman–Crippen MR) is 89.9 cm³/mol. The van der Waals surface area contributed by atoms with Gasteiger partial charge in [-0.2, -0.15) is 10.4 Å². The number of thioether (sulfide) groups is 1. The number of nitrogens with zero attached hydrogens (tertiary/aromatic N) is 3. The van der Waals surface area contributed by atoms with E-state index >= 15 is 0 Å². The Balaban J connectivity index is 2.46.